The number of nitrogen functional groups attached to an aromatic ring is 1. The average Bonchev–Trinajstić information content (AvgIpc) is 2.14. The predicted octanol–water partition coefficient (Wildman–Crippen LogP) is 2.83. The van der Waals surface area contributed by atoms with Crippen molar-refractivity contribution in [2.75, 3.05) is 5.73 Å². The fourth-order valence-electron chi connectivity index (χ4n) is 1.41. The first-order chi connectivity index (χ1) is 6.65. The number of unbranched alkanes of at least 4 members (excludes halogenated alkanes) is 2. The fraction of sp³-hybridized carbons (Fsp3) is 0.455. The fourth-order valence-corrected chi connectivity index (χ4v) is 1.41. The van der Waals surface area contributed by atoms with Gasteiger partial charge < -0.3 is 15.9 Å². The molecule has 0 bridgehead atoms. The molecule has 0 spiro atoms. The third-order valence-electron chi connectivity index (χ3n) is 2.28. The maximum absolute atomic E-state index is 9.50. The summed E-state index contributed by atoms with van der Waals surface area (Å²) in [6.07, 6.45) is 4.13. The van der Waals surface area contributed by atoms with E-state index in [0.29, 0.717) is 5.69 Å². The van der Waals surface area contributed by atoms with Crippen molar-refractivity contribution in [3.63, 3.8) is 0 Å². The lowest BCUT2D eigenvalue weighted by Crippen LogP contribution is -1.91. The Bertz CT molecular complexity index is 316. The van der Waals surface area contributed by atoms with E-state index >= 15 is 0 Å². The van der Waals surface area contributed by atoms with E-state index in [4.69, 9.17) is 5.73 Å². The van der Waals surface area contributed by atoms with E-state index in [1.165, 1.54) is 6.07 Å². The summed E-state index contributed by atoms with van der Waals surface area (Å²) in [7, 11) is 0. The quantitative estimate of drug-likeness (QED) is 0.323. The Kier molecular flexibility index (Phi) is 5.94. The van der Waals surface area contributed by atoms with Crippen LogP contribution in [0.25, 0.3) is 0 Å². The minimum atomic E-state index is -0.0539. The number of rotatable bonds is 4. The average molecular weight is 232 g/mol. The Morgan fingerprint density at radius 1 is 1.13 bits per heavy atom. The SMILES string of the molecule is CCCCCc1cc(N)c(O)cc1O.Cl. The molecule has 4 heteroatoms. The first-order valence-corrected chi connectivity index (χ1v) is 4.95. The molecule has 1 aromatic carbocycles. The highest BCUT2D eigenvalue weighted by Gasteiger charge is 2.05. The molecule has 0 radical (unpaired) electrons. The molecule has 0 saturated heterocycles. The second kappa shape index (κ2) is 6.40. The molecule has 3 nitrogen and oxygen atoms in total. The van der Waals surface area contributed by atoms with Crippen molar-refractivity contribution in [3.8, 4) is 11.5 Å². The van der Waals surface area contributed by atoms with Gasteiger partial charge in [-0.3, -0.25) is 0 Å². The largest absolute Gasteiger partial charge is 0.508 e. The van der Waals surface area contributed by atoms with E-state index in [-0.39, 0.29) is 23.9 Å². The zero-order valence-electron chi connectivity index (χ0n) is 8.86. The number of halogens is 1. The van der Waals surface area contributed by atoms with Crippen molar-refractivity contribution in [2.24, 2.45) is 0 Å². The standard InChI is InChI=1S/C11H17NO2.ClH/c1-2-3-4-5-8-6-9(12)11(14)7-10(8)13;/h6-7,13-14H,2-5,12H2,1H3;1H. The number of aryl methyl sites for hydroxylation is 1. The van der Waals surface area contributed by atoms with E-state index in [1.54, 1.807) is 6.07 Å². The molecule has 4 N–H and O–H groups in total. The summed E-state index contributed by atoms with van der Waals surface area (Å²) in [5.41, 5.74) is 6.67. The summed E-state index contributed by atoms with van der Waals surface area (Å²) in [5.74, 6) is 0.0783. The van der Waals surface area contributed by atoms with Crippen LogP contribution < -0.4 is 5.73 Å². The van der Waals surface area contributed by atoms with Crippen molar-refractivity contribution in [1.29, 1.82) is 0 Å². The van der Waals surface area contributed by atoms with Crippen LogP contribution in [0.4, 0.5) is 5.69 Å². The lowest BCUT2D eigenvalue weighted by Gasteiger charge is -2.06. The van der Waals surface area contributed by atoms with Gasteiger partial charge in [0.2, 0.25) is 0 Å². The van der Waals surface area contributed by atoms with Crippen molar-refractivity contribution < 1.29 is 10.2 Å². The highest BCUT2D eigenvalue weighted by atomic mass is 35.5. The maximum atomic E-state index is 9.50. The van der Waals surface area contributed by atoms with Gasteiger partial charge in [-0.1, -0.05) is 19.8 Å². The summed E-state index contributed by atoms with van der Waals surface area (Å²) >= 11 is 0. The molecule has 86 valence electrons. The van der Waals surface area contributed by atoms with Gasteiger partial charge >= 0.3 is 0 Å². The first-order valence-electron chi connectivity index (χ1n) is 4.95. The van der Waals surface area contributed by atoms with Gasteiger partial charge in [-0.05, 0) is 24.5 Å². The molecule has 0 aromatic heterocycles. The molecule has 0 aliphatic carbocycles. The molecule has 15 heavy (non-hydrogen) atoms. The Morgan fingerprint density at radius 2 is 1.80 bits per heavy atom. The van der Waals surface area contributed by atoms with Crippen molar-refractivity contribution >= 4 is 18.1 Å². The van der Waals surface area contributed by atoms with Crippen LogP contribution in [0.3, 0.4) is 0 Å². The first kappa shape index (κ1) is 13.9. The topological polar surface area (TPSA) is 66.5 Å². The highest BCUT2D eigenvalue weighted by molar-refractivity contribution is 5.85. The van der Waals surface area contributed by atoms with E-state index in [9.17, 15) is 10.2 Å². The molecular weight excluding hydrogens is 214 g/mol. The Hall–Kier alpha value is -1.09. The van der Waals surface area contributed by atoms with Crippen molar-refractivity contribution in [1.82, 2.24) is 0 Å². The van der Waals surface area contributed by atoms with Crippen LogP contribution in [0, 0.1) is 0 Å². The minimum Gasteiger partial charge on any atom is -0.508 e. The minimum absolute atomic E-state index is 0. The summed E-state index contributed by atoms with van der Waals surface area (Å²) < 4.78 is 0. The number of phenols is 2. The zero-order valence-corrected chi connectivity index (χ0v) is 9.68. The Labute approximate surface area is 96.3 Å². The summed E-state index contributed by atoms with van der Waals surface area (Å²) in [4.78, 5) is 0. The smallest absolute Gasteiger partial charge is 0.142 e. The van der Waals surface area contributed by atoms with Crippen LogP contribution in [-0.4, -0.2) is 10.2 Å². The predicted molar refractivity (Wildman–Crippen MR) is 64.7 cm³/mol. The van der Waals surface area contributed by atoms with Crippen molar-refractivity contribution in [3.05, 3.63) is 17.7 Å². The molecule has 0 fully saturated rings. The second-order valence-electron chi connectivity index (χ2n) is 3.50. The Balaban J connectivity index is 0.00000196. The van der Waals surface area contributed by atoms with E-state index in [1.807, 2.05) is 0 Å². The van der Waals surface area contributed by atoms with Crippen LogP contribution in [-0.2, 0) is 6.42 Å². The maximum Gasteiger partial charge on any atom is 0.142 e. The van der Waals surface area contributed by atoms with Gasteiger partial charge in [0.1, 0.15) is 11.5 Å². The lowest BCUT2D eigenvalue weighted by molar-refractivity contribution is 0.446. The van der Waals surface area contributed by atoms with Gasteiger partial charge in [0, 0.05) is 6.07 Å². The Morgan fingerprint density at radius 3 is 2.40 bits per heavy atom. The van der Waals surface area contributed by atoms with Gasteiger partial charge in [0.15, 0.2) is 0 Å². The number of anilines is 1. The van der Waals surface area contributed by atoms with Gasteiger partial charge in [0.05, 0.1) is 5.69 Å². The molecule has 0 aliphatic rings. The van der Waals surface area contributed by atoms with Crippen LogP contribution >= 0.6 is 12.4 Å². The van der Waals surface area contributed by atoms with E-state index in [2.05, 4.69) is 6.92 Å². The summed E-state index contributed by atoms with van der Waals surface area (Å²) in [6, 6.07) is 2.94. The van der Waals surface area contributed by atoms with Gasteiger partial charge in [0.25, 0.3) is 0 Å². The molecule has 0 unspecified atom stereocenters. The zero-order chi connectivity index (χ0) is 10.6. The molecule has 1 rings (SSSR count). The second-order valence-corrected chi connectivity index (χ2v) is 3.50. The van der Waals surface area contributed by atoms with E-state index in [0.717, 1.165) is 31.2 Å². The van der Waals surface area contributed by atoms with Gasteiger partial charge in [-0.2, -0.15) is 0 Å². The number of phenolic OH excluding ortho intramolecular Hbond substituents is 2. The third-order valence-corrected chi connectivity index (χ3v) is 2.28. The lowest BCUT2D eigenvalue weighted by atomic mass is 10.1. The van der Waals surface area contributed by atoms with E-state index < -0.39 is 0 Å². The highest BCUT2D eigenvalue weighted by Crippen LogP contribution is 2.30. The third kappa shape index (κ3) is 3.88. The summed E-state index contributed by atoms with van der Waals surface area (Å²) in [5, 5.41) is 18.7. The molecule has 0 heterocycles. The number of aromatic hydroxyl groups is 2. The number of nitrogens with two attached hydrogens (primary N) is 1. The number of benzene rings is 1. The van der Waals surface area contributed by atoms with Gasteiger partial charge in [-0.15, -0.1) is 12.4 Å². The molecule has 0 amide bonds. The molecular formula is C11H18ClNO2. The van der Waals surface area contributed by atoms with Gasteiger partial charge in [-0.25, -0.2) is 0 Å². The van der Waals surface area contributed by atoms with Crippen LogP contribution in [0.2, 0.25) is 0 Å². The van der Waals surface area contributed by atoms with Crippen LogP contribution in [0.15, 0.2) is 12.1 Å². The summed E-state index contributed by atoms with van der Waals surface area (Å²) in [6.45, 7) is 2.13. The number of hydrogen-bond donors (Lipinski definition) is 3. The molecule has 1 aromatic rings. The molecule has 0 saturated carbocycles. The number of hydrogen-bond acceptors (Lipinski definition) is 3. The monoisotopic (exact) mass is 231 g/mol. The molecule has 0 aliphatic heterocycles. The van der Waals surface area contributed by atoms with Crippen molar-refractivity contribution in [2.45, 2.75) is 32.6 Å². The normalized spacial score (nSPS) is 9.67. The molecule has 0 atom stereocenters. The van der Waals surface area contributed by atoms with Crippen LogP contribution in [0.5, 0.6) is 11.5 Å². The van der Waals surface area contributed by atoms with Crippen LogP contribution in [0.1, 0.15) is 31.7 Å².